The van der Waals surface area contributed by atoms with Crippen LogP contribution < -0.4 is 5.32 Å². The number of phenols is 2. The summed E-state index contributed by atoms with van der Waals surface area (Å²) in [5.41, 5.74) is -0.00357. The normalized spacial score (nSPS) is 18.1. The highest BCUT2D eigenvalue weighted by molar-refractivity contribution is 5.99. The summed E-state index contributed by atoms with van der Waals surface area (Å²) in [5, 5.41) is 23.1. The summed E-state index contributed by atoms with van der Waals surface area (Å²) in [7, 11) is 0. The van der Waals surface area contributed by atoms with Gasteiger partial charge in [-0.25, -0.2) is 0 Å². The fraction of sp³-hybridized carbons (Fsp3) is 0.562. The van der Waals surface area contributed by atoms with E-state index in [0.717, 1.165) is 19.4 Å². The summed E-state index contributed by atoms with van der Waals surface area (Å²) >= 11 is 0. The number of nitrogens with zero attached hydrogens (tertiary/aromatic N) is 1. The van der Waals surface area contributed by atoms with Crippen LogP contribution in [0.1, 0.15) is 37.0 Å². The third kappa shape index (κ3) is 3.88. The smallest absolute Gasteiger partial charge is 0.261 e. The Morgan fingerprint density at radius 2 is 2.05 bits per heavy atom. The molecule has 0 aliphatic carbocycles. The summed E-state index contributed by atoms with van der Waals surface area (Å²) in [4.78, 5) is 14.4. The molecule has 5 nitrogen and oxygen atoms in total. The molecule has 21 heavy (non-hydrogen) atoms. The van der Waals surface area contributed by atoms with Crippen molar-refractivity contribution in [1.29, 1.82) is 0 Å². The molecular weight excluding hydrogens is 268 g/mol. The number of amides is 1. The molecule has 1 fully saturated rings. The summed E-state index contributed by atoms with van der Waals surface area (Å²) in [6.07, 6.45) is 2.17. The van der Waals surface area contributed by atoms with Crippen LogP contribution in [0, 0.1) is 5.92 Å². The van der Waals surface area contributed by atoms with Crippen molar-refractivity contribution < 1.29 is 15.0 Å². The molecule has 0 saturated carbocycles. The zero-order valence-electron chi connectivity index (χ0n) is 12.7. The molecule has 1 amide bonds. The first-order valence-electron chi connectivity index (χ1n) is 7.52. The van der Waals surface area contributed by atoms with Crippen molar-refractivity contribution >= 4 is 5.91 Å². The minimum absolute atomic E-state index is 0.00357. The van der Waals surface area contributed by atoms with Crippen LogP contribution in [0.5, 0.6) is 11.5 Å². The van der Waals surface area contributed by atoms with Crippen LogP contribution in [0.4, 0.5) is 0 Å². The van der Waals surface area contributed by atoms with Crippen LogP contribution in [-0.4, -0.2) is 46.7 Å². The van der Waals surface area contributed by atoms with Crippen LogP contribution in [0.15, 0.2) is 18.2 Å². The van der Waals surface area contributed by atoms with Gasteiger partial charge in [0, 0.05) is 19.1 Å². The third-order valence-electron chi connectivity index (χ3n) is 3.71. The van der Waals surface area contributed by atoms with Gasteiger partial charge < -0.3 is 20.4 Å². The van der Waals surface area contributed by atoms with E-state index in [1.807, 2.05) is 13.8 Å². The second-order valence-electron chi connectivity index (χ2n) is 6.07. The molecule has 1 aliphatic heterocycles. The molecule has 2 rings (SSSR count). The number of phenolic OH excluding ortho intramolecular Hbond substituents is 2. The Balaban J connectivity index is 2.20. The molecule has 0 bridgehead atoms. The first-order valence-corrected chi connectivity index (χ1v) is 7.52. The van der Waals surface area contributed by atoms with Crippen LogP contribution in [0.2, 0.25) is 0 Å². The summed E-state index contributed by atoms with van der Waals surface area (Å²) < 4.78 is 0. The van der Waals surface area contributed by atoms with Gasteiger partial charge in [-0.15, -0.1) is 0 Å². The highest BCUT2D eigenvalue weighted by atomic mass is 16.3. The largest absolute Gasteiger partial charge is 0.507 e. The Bertz CT molecular complexity index is 476. The lowest BCUT2D eigenvalue weighted by Crippen LogP contribution is -2.42. The molecule has 1 unspecified atom stereocenters. The van der Waals surface area contributed by atoms with Crippen molar-refractivity contribution in [2.75, 3.05) is 19.6 Å². The Labute approximate surface area is 125 Å². The van der Waals surface area contributed by atoms with Crippen LogP contribution in [0.25, 0.3) is 0 Å². The Morgan fingerprint density at radius 1 is 1.38 bits per heavy atom. The zero-order valence-corrected chi connectivity index (χ0v) is 12.7. The molecule has 1 aromatic carbocycles. The van der Waals surface area contributed by atoms with Gasteiger partial charge in [-0.1, -0.05) is 19.9 Å². The second kappa shape index (κ2) is 6.80. The van der Waals surface area contributed by atoms with E-state index in [2.05, 4.69) is 5.32 Å². The van der Waals surface area contributed by atoms with Gasteiger partial charge in [-0.05, 0) is 37.4 Å². The van der Waals surface area contributed by atoms with E-state index in [9.17, 15) is 15.0 Å². The van der Waals surface area contributed by atoms with Crippen molar-refractivity contribution in [3.8, 4) is 11.5 Å². The lowest BCUT2D eigenvalue weighted by Gasteiger charge is -2.28. The number of rotatable bonds is 5. The van der Waals surface area contributed by atoms with Crippen molar-refractivity contribution in [2.24, 2.45) is 5.92 Å². The maximum Gasteiger partial charge on any atom is 0.261 e. The molecule has 0 radical (unpaired) electrons. The number of carbonyl (C=O) groups excluding carboxylic acids is 1. The monoisotopic (exact) mass is 292 g/mol. The van der Waals surface area contributed by atoms with E-state index >= 15 is 0 Å². The second-order valence-corrected chi connectivity index (χ2v) is 6.07. The van der Waals surface area contributed by atoms with E-state index in [0.29, 0.717) is 25.0 Å². The van der Waals surface area contributed by atoms with Crippen molar-refractivity contribution in [3.05, 3.63) is 23.8 Å². The SMILES string of the molecule is CC(C)CN(CC1CCCN1)C(=O)c1c(O)cccc1O. The van der Waals surface area contributed by atoms with Crippen molar-refractivity contribution in [1.82, 2.24) is 10.2 Å². The van der Waals surface area contributed by atoms with Crippen LogP contribution in [0.3, 0.4) is 0 Å². The topological polar surface area (TPSA) is 72.8 Å². The van der Waals surface area contributed by atoms with Gasteiger partial charge in [0.05, 0.1) is 0 Å². The first kappa shape index (κ1) is 15.6. The summed E-state index contributed by atoms with van der Waals surface area (Å²) in [5.74, 6) is -0.336. The number of carbonyl (C=O) groups is 1. The Morgan fingerprint density at radius 3 is 2.57 bits per heavy atom. The Kier molecular flexibility index (Phi) is 5.07. The van der Waals surface area contributed by atoms with Gasteiger partial charge in [-0.3, -0.25) is 4.79 Å². The van der Waals surface area contributed by atoms with Gasteiger partial charge in [-0.2, -0.15) is 0 Å². The molecule has 1 aliphatic rings. The third-order valence-corrected chi connectivity index (χ3v) is 3.71. The molecule has 3 N–H and O–H groups in total. The van der Waals surface area contributed by atoms with E-state index in [1.54, 1.807) is 4.90 Å². The molecule has 1 aromatic rings. The highest BCUT2D eigenvalue weighted by Gasteiger charge is 2.26. The molecule has 1 saturated heterocycles. The number of benzene rings is 1. The van der Waals surface area contributed by atoms with Gasteiger partial charge in [0.1, 0.15) is 17.1 Å². The van der Waals surface area contributed by atoms with Crippen LogP contribution in [-0.2, 0) is 0 Å². The number of hydrogen-bond acceptors (Lipinski definition) is 4. The zero-order chi connectivity index (χ0) is 15.4. The Hall–Kier alpha value is -1.75. The van der Waals surface area contributed by atoms with Crippen molar-refractivity contribution in [3.63, 3.8) is 0 Å². The minimum Gasteiger partial charge on any atom is -0.507 e. The molecule has 0 spiro atoms. The molecule has 116 valence electrons. The lowest BCUT2D eigenvalue weighted by molar-refractivity contribution is 0.0715. The van der Waals surface area contributed by atoms with E-state index in [-0.39, 0.29) is 23.0 Å². The molecule has 5 heteroatoms. The van der Waals surface area contributed by atoms with Crippen LogP contribution >= 0.6 is 0 Å². The summed E-state index contributed by atoms with van der Waals surface area (Å²) in [6, 6.07) is 4.66. The number of hydrogen-bond donors (Lipinski definition) is 3. The number of aromatic hydroxyl groups is 2. The summed E-state index contributed by atoms with van der Waals surface area (Å²) in [6.45, 7) is 6.28. The maximum absolute atomic E-state index is 12.7. The standard InChI is InChI=1S/C16H24N2O3/c1-11(2)9-18(10-12-5-4-8-17-12)16(21)15-13(19)6-3-7-14(15)20/h3,6-7,11-12,17,19-20H,4-5,8-10H2,1-2H3. The predicted octanol–water partition coefficient (Wildman–Crippen LogP) is 1.95. The highest BCUT2D eigenvalue weighted by Crippen LogP contribution is 2.28. The fourth-order valence-corrected chi connectivity index (χ4v) is 2.77. The van der Waals surface area contributed by atoms with E-state index in [4.69, 9.17) is 0 Å². The lowest BCUT2D eigenvalue weighted by atomic mass is 10.1. The predicted molar refractivity (Wildman–Crippen MR) is 81.5 cm³/mol. The van der Waals surface area contributed by atoms with Gasteiger partial charge in [0.15, 0.2) is 0 Å². The fourth-order valence-electron chi connectivity index (χ4n) is 2.77. The van der Waals surface area contributed by atoms with Gasteiger partial charge in [0.2, 0.25) is 0 Å². The first-order chi connectivity index (χ1) is 9.99. The minimum atomic E-state index is -0.312. The van der Waals surface area contributed by atoms with E-state index < -0.39 is 0 Å². The van der Waals surface area contributed by atoms with Gasteiger partial charge >= 0.3 is 0 Å². The molecule has 1 heterocycles. The number of nitrogens with one attached hydrogen (secondary N) is 1. The average Bonchev–Trinajstić information content (AvgIpc) is 2.90. The average molecular weight is 292 g/mol. The molecular formula is C16H24N2O3. The molecule has 1 atom stereocenters. The maximum atomic E-state index is 12.7. The van der Waals surface area contributed by atoms with Gasteiger partial charge in [0.25, 0.3) is 5.91 Å². The van der Waals surface area contributed by atoms with E-state index in [1.165, 1.54) is 18.2 Å². The molecule has 0 aromatic heterocycles. The van der Waals surface area contributed by atoms with Crippen molar-refractivity contribution in [2.45, 2.75) is 32.7 Å². The quantitative estimate of drug-likeness (QED) is 0.775.